The minimum absolute atomic E-state index is 0.0943. The Labute approximate surface area is 180 Å². The first kappa shape index (κ1) is 20.9. The van der Waals surface area contributed by atoms with Gasteiger partial charge >= 0.3 is 5.97 Å². The monoisotopic (exact) mass is 440 g/mol. The Balaban J connectivity index is 2.00. The molecule has 31 heavy (non-hydrogen) atoms. The van der Waals surface area contributed by atoms with Crippen LogP contribution >= 0.6 is 11.3 Å². The molecule has 5 nitrogen and oxygen atoms in total. The summed E-state index contributed by atoms with van der Waals surface area (Å²) >= 11 is 1.05. The molecule has 2 aromatic carbocycles. The second-order valence-corrected chi connectivity index (χ2v) is 7.85. The van der Waals surface area contributed by atoms with Gasteiger partial charge in [0, 0.05) is 11.1 Å². The highest BCUT2D eigenvalue weighted by atomic mass is 32.1. The van der Waals surface area contributed by atoms with E-state index < -0.39 is 29.2 Å². The van der Waals surface area contributed by atoms with E-state index in [1.165, 1.54) is 34.9 Å². The van der Waals surface area contributed by atoms with Gasteiger partial charge in [0.05, 0.1) is 22.4 Å². The van der Waals surface area contributed by atoms with Crippen LogP contribution < -0.4 is 14.9 Å². The average molecular weight is 440 g/mol. The smallest absolute Gasteiger partial charge is 0.338 e. The molecule has 3 aromatic rings. The molecule has 0 saturated heterocycles. The van der Waals surface area contributed by atoms with Gasteiger partial charge in [-0.15, -0.1) is 0 Å². The molecule has 8 heteroatoms. The van der Waals surface area contributed by atoms with E-state index in [2.05, 4.69) is 4.99 Å². The van der Waals surface area contributed by atoms with Gasteiger partial charge in [0.25, 0.3) is 5.56 Å². The molecule has 0 saturated carbocycles. The van der Waals surface area contributed by atoms with Crippen molar-refractivity contribution >= 4 is 23.4 Å². The van der Waals surface area contributed by atoms with Gasteiger partial charge in [0.2, 0.25) is 0 Å². The Morgan fingerprint density at radius 2 is 1.84 bits per heavy atom. The molecule has 0 radical (unpaired) electrons. The first-order valence-corrected chi connectivity index (χ1v) is 10.4. The third-order valence-corrected chi connectivity index (χ3v) is 5.89. The minimum atomic E-state index is -1.04. The number of hydrogen-bond donors (Lipinski definition) is 0. The number of thiazole rings is 1. The van der Waals surface area contributed by atoms with E-state index in [9.17, 15) is 18.4 Å². The van der Waals surface area contributed by atoms with Crippen molar-refractivity contribution in [2.24, 2.45) is 4.99 Å². The van der Waals surface area contributed by atoms with Crippen LogP contribution in [0.4, 0.5) is 8.78 Å². The quantitative estimate of drug-likeness (QED) is 0.586. The largest absolute Gasteiger partial charge is 0.463 e. The van der Waals surface area contributed by atoms with Gasteiger partial charge in [0.15, 0.2) is 4.80 Å². The summed E-state index contributed by atoms with van der Waals surface area (Å²) in [6.07, 6.45) is 1.43. The van der Waals surface area contributed by atoms with Gasteiger partial charge in [-0.25, -0.2) is 18.6 Å². The molecule has 0 fully saturated rings. The fraction of sp³-hybridized carbons (Fsp3) is 0.174. The summed E-state index contributed by atoms with van der Waals surface area (Å²) in [5, 5.41) is 0. The van der Waals surface area contributed by atoms with Gasteiger partial charge < -0.3 is 4.74 Å². The minimum Gasteiger partial charge on any atom is -0.463 e. The van der Waals surface area contributed by atoms with E-state index in [1.54, 1.807) is 38.1 Å². The molecule has 0 bridgehead atoms. The first-order valence-electron chi connectivity index (χ1n) is 9.61. The fourth-order valence-electron chi connectivity index (χ4n) is 3.52. The lowest BCUT2D eigenvalue weighted by Crippen LogP contribution is -2.40. The normalized spacial score (nSPS) is 16.1. The molecule has 0 aliphatic carbocycles. The van der Waals surface area contributed by atoms with Crippen LogP contribution in [0.25, 0.3) is 6.08 Å². The zero-order valence-corrected chi connectivity index (χ0v) is 17.6. The standard InChI is InChI=1S/C23H18F2N2O3S/c1-3-30-22(29)19-13(2)26-23-27(20(19)15-9-5-7-11-17(15)25)21(28)18(31-23)12-14-8-4-6-10-16(14)24/h4-12,20H,3H2,1-2H3/b18-12+/t20-/m1/s1. The molecule has 0 spiro atoms. The zero-order valence-electron chi connectivity index (χ0n) is 16.8. The highest BCUT2D eigenvalue weighted by molar-refractivity contribution is 7.07. The summed E-state index contributed by atoms with van der Waals surface area (Å²) < 4.78 is 35.6. The maximum absolute atomic E-state index is 14.8. The zero-order chi connectivity index (χ0) is 22.1. The van der Waals surface area contributed by atoms with E-state index >= 15 is 0 Å². The lowest BCUT2D eigenvalue weighted by Gasteiger charge is -2.24. The summed E-state index contributed by atoms with van der Waals surface area (Å²) in [7, 11) is 0. The topological polar surface area (TPSA) is 60.7 Å². The summed E-state index contributed by atoms with van der Waals surface area (Å²) in [6, 6.07) is 11.0. The molecular formula is C23H18F2N2O3S. The van der Waals surface area contributed by atoms with E-state index in [0.717, 1.165) is 11.3 Å². The van der Waals surface area contributed by atoms with E-state index in [4.69, 9.17) is 4.74 Å². The molecule has 4 rings (SSSR count). The van der Waals surface area contributed by atoms with Crippen molar-refractivity contribution in [3.63, 3.8) is 0 Å². The molecule has 1 atom stereocenters. The number of aromatic nitrogens is 1. The Hall–Kier alpha value is -3.39. The molecular weight excluding hydrogens is 422 g/mol. The molecule has 2 heterocycles. The lowest BCUT2D eigenvalue weighted by atomic mass is 9.95. The number of allylic oxidation sites excluding steroid dienone is 1. The lowest BCUT2D eigenvalue weighted by molar-refractivity contribution is -0.139. The summed E-state index contributed by atoms with van der Waals surface area (Å²) in [5.74, 6) is -1.70. The van der Waals surface area contributed by atoms with Crippen LogP contribution in [0.5, 0.6) is 0 Å². The number of halogens is 2. The molecule has 158 valence electrons. The highest BCUT2D eigenvalue weighted by Crippen LogP contribution is 2.32. The average Bonchev–Trinajstić information content (AvgIpc) is 3.04. The number of carbonyl (C=O) groups excluding carboxylic acids is 1. The molecule has 1 aromatic heterocycles. The predicted molar refractivity (Wildman–Crippen MR) is 113 cm³/mol. The van der Waals surface area contributed by atoms with Gasteiger partial charge in [-0.2, -0.15) is 0 Å². The number of benzene rings is 2. The SMILES string of the molecule is CCOC(=O)C1=C(C)N=c2s/c(=C/c3ccccc3F)c(=O)n2[C@@H]1c1ccccc1F. The number of esters is 1. The van der Waals surface area contributed by atoms with Crippen LogP contribution in [0.1, 0.15) is 31.0 Å². The van der Waals surface area contributed by atoms with Crippen molar-refractivity contribution in [2.45, 2.75) is 19.9 Å². The van der Waals surface area contributed by atoms with Crippen molar-refractivity contribution in [1.82, 2.24) is 4.57 Å². The van der Waals surface area contributed by atoms with Crippen molar-refractivity contribution in [2.75, 3.05) is 6.61 Å². The van der Waals surface area contributed by atoms with Crippen molar-refractivity contribution in [1.29, 1.82) is 0 Å². The third kappa shape index (κ3) is 3.74. The number of carbonyl (C=O) groups is 1. The Bertz CT molecular complexity index is 1390. The Morgan fingerprint density at radius 3 is 2.52 bits per heavy atom. The molecule has 0 unspecified atom stereocenters. The second-order valence-electron chi connectivity index (χ2n) is 6.85. The maximum atomic E-state index is 14.8. The van der Waals surface area contributed by atoms with Crippen LogP contribution in [-0.2, 0) is 9.53 Å². The summed E-state index contributed by atoms with van der Waals surface area (Å²) in [4.78, 5) is 30.8. The van der Waals surface area contributed by atoms with E-state index in [-0.39, 0.29) is 27.8 Å². The Morgan fingerprint density at radius 1 is 1.16 bits per heavy atom. The van der Waals surface area contributed by atoms with Crippen molar-refractivity contribution in [3.8, 4) is 0 Å². The van der Waals surface area contributed by atoms with E-state index in [1.807, 2.05) is 0 Å². The van der Waals surface area contributed by atoms with Gasteiger partial charge in [-0.3, -0.25) is 9.36 Å². The van der Waals surface area contributed by atoms with Crippen molar-refractivity contribution in [3.05, 3.63) is 102 Å². The van der Waals surface area contributed by atoms with Gasteiger partial charge in [-0.1, -0.05) is 47.7 Å². The van der Waals surface area contributed by atoms with Gasteiger partial charge in [0.1, 0.15) is 17.7 Å². The van der Waals surface area contributed by atoms with E-state index in [0.29, 0.717) is 10.5 Å². The molecule has 1 aliphatic heterocycles. The highest BCUT2D eigenvalue weighted by Gasteiger charge is 2.34. The van der Waals surface area contributed by atoms with Gasteiger partial charge in [-0.05, 0) is 32.1 Å². The molecule has 0 amide bonds. The van der Waals surface area contributed by atoms with Crippen LogP contribution in [-0.4, -0.2) is 17.1 Å². The maximum Gasteiger partial charge on any atom is 0.338 e. The number of hydrogen-bond acceptors (Lipinski definition) is 5. The Kier molecular flexibility index (Phi) is 5.65. The fourth-order valence-corrected chi connectivity index (χ4v) is 4.55. The van der Waals surface area contributed by atoms with Crippen LogP contribution in [0.2, 0.25) is 0 Å². The predicted octanol–water partition coefficient (Wildman–Crippen LogP) is 3.08. The molecule has 1 aliphatic rings. The summed E-state index contributed by atoms with van der Waals surface area (Å²) in [5.41, 5.74) is 0.340. The number of ether oxygens (including phenoxy) is 1. The second kappa shape index (κ2) is 8.39. The van der Waals surface area contributed by atoms with Crippen LogP contribution in [0.15, 0.2) is 69.6 Å². The van der Waals surface area contributed by atoms with Crippen LogP contribution in [0, 0.1) is 11.6 Å². The number of nitrogens with zero attached hydrogens (tertiary/aromatic N) is 2. The van der Waals surface area contributed by atoms with Crippen LogP contribution in [0.3, 0.4) is 0 Å². The summed E-state index contributed by atoms with van der Waals surface area (Å²) in [6.45, 7) is 3.40. The number of rotatable bonds is 4. The third-order valence-electron chi connectivity index (χ3n) is 4.91. The first-order chi connectivity index (χ1) is 14.9. The van der Waals surface area contributed by atoms with Crippen molar-refractivity contribution < 1.29 is 18.3 Å². The molecule has 0 N–H and O–H groups in total. The number of fused-ring (bicyclic) bond motifs is 1.